The molecule has 1 aliphatic rings. The van der Waals surface area contributed by atoms with Gasteiger partial charge in [-0.2, -0.15) is 5.10 Å². The highest BCUT2D eigenvalue weighted by atomic mass is 16.5. The fourth-order valence-corrected chi connectivity index (χ4v) is 4.02. The molecule has 0 aliphatic carbocycles. The number of carbonyl (C=O) groups is 1. The minimum atomic E-state index is -0.119. The zero-order valence-corrected chi connectivity index (χ0v) is 19.5. The van der Waals surface area contributed by atoms with Crippen LogP contribution in [0.2, 0.25) is 0 Å². The fourth-order valence-electron chi connectivity index (χ4n) is 4.02. The molecule has 33 heavy (non-hydrogen) atoms. The first-order valence-electron chi connectivity index (χ1n) is 11.1. The maximum Gasteiger partial charge on any atom is 0.237 e. The van der Waals surface area contributed by atoms with Crippen LogP contribution in [-0.2, 0) is 36.3 Å². The van der Waals surface area contributed by atoms with Crippen LogP contribution in [-0.4, -0.2) is 63.3 Å². The van der Waals surface area contributed by atoms with Crippen molar-refractivity contribution in [2.24, 2.45) is 7.05 Å². The number of benzene rings is 1. The highest BCUT2D eigenvalue weighted by molar-refractivity contribution is 5.78. The second kappa shape index (κ2) is 10.6. The molecule has 174 valence electrons. The number of pyridine rings is 1. The molecule has 3 aromatic rings. The van der Waals surface area contributed by atoms with Crippen LogP contribution in [0.3, 0.4) is 0 Å². The van der Waals surface area contributed by atoms with Gasteiger partial charge in [0.15, 0.2) is 0 Å². The van der Waals surface area contributed by atoms with E-state index in [1.54, 1.807) is 13.3 Å². The Balaban J connectivity index is 1.49. The Morgan fingerprint density at radius 1 is 1.06 bits per heavy atom. The first-order chi connectivity index (χ1) is 16.0. The second-order valence-corrected chi connectivity index (χ2v) is 8.47. The number of carbonyl (C=O) groups excluding carboxylic acids is 1. The first-order valence-corrected chi connectivity index (χ1v) is 11.1. The molecule has 1 fully saturated rings. The van der Waals surface area contributed by atoms with Crippen LogP contribution >= 0.6 is 0 Å². The molecule has 2 aromatic heterocycles. The third-order valence-corrected chi connectivity index (χ3v) is 6.07. The van der Waals surface area contributed by atoms with Crippen LogP contribution in [0.25, 0.3) is 0 Å². The molecule has 0 N–H and O–H groups in total. The number of ether oxygens (including phenoxy) is 2. The van der Waals surface area contributed by atoms with Crippen molar-refractivity contribution >= 4 is 5.91 Å². The first kappa shape index (κ1) is 22.9. The van der Waals surface area contributed by atoms with Crippen LogP contribution < -0.4 is 4.74 Å². The summed E-state index contributed by atoms with van der Waals surface area (Å²) in [5.41, 5.74) is 4.31. The Morgan fingerprint density at radius 3 is 2.55 bits per heavy atom. The summed E-state index contributed by atoms with van der Waals surface area (Å²) in [7, 11) is 3.58. The van der Waals surface area contributed by atoms with Crippen molar-refractivity contribution in [1.82, 2.24) is 24.6 Å². The zero-order chi connectivity index (χ0) is 23.2. The molecule has 1 aliphatic heterocycles. The Morgan fingerprint density at radius 2 is 1.88 bits per heavy atom. The topological polar surface area (TPSA) is 72.7 Å². The normalized spacial score (nSPS) is 17.2. The number of amides is 1. The van der Waals surface area contributed by atoms with E-state index in [1.165, 1.54) is 0 Å². The minimum absolute atomic E-state index is 0.0971. The Hall–Kier alpha value is -3.23. The van der Waals surface area contributed by atoms with Gasteiger partial charge in [-0.15, -0.1) is 0 Å². The SMILES string of the molecule is COc1ccc(CN2CC(OCc3cccnc3)CN(Cc3cnn(C)c3C)CC2=O)cc1. The lowest BCUT2D eigenvalue weighted by Gasteiger charge is -2.25. The van der Waals surface area contributed by atoms with Crippen molar-refractivity contribution in [2.45, 2.75) is 32.7 Å². The summed E-state index contributed by atoms with van der Waals surface area (Å²) >= 11 is 0. The van der Waals surface area contributed by atoms with Gasteiger partial charge in [0.2, 0.25) is 5.91 Å². The third kappa shape index (κ3) is 5.97. The molecule has 0 radical (unpaired) electrons. The molecule has 8 heteroatoms. The van der Waals surface area contributed by atoms with E-state index in [0.29, 0.717) is 39.3 Å². The molecule has 1 aromatic carbocycles. The molecule has 0 spiro atoms. The van der Waals surface area contributed by atoms with Gasteiger partial charge in [-0.1, -0.05) is 18.2 Å². The summed E-state index contributed by atoms with van der Waals surface area (Å²) in [5.74, 6) is 0.900. The summed E-state index contributed by atoms with van der Waals surface area (Å²) in [6.45, 7) is 5.26. The molecule has 1 unspecified atom stereocenters. The number of aromatic nitrogens is 3. The molecule has 0 saturated carbocycles. The van der Waals surface area contributed by atoms with E-state index in [4.69, 9.17) is 9.47 Å². The van der Waals surface area contributed by atoms with Crippen LogP contribution in [0.1, 0.15) is 22.4 Å². The molecule has 1 amide bonds. The summed E-state index contributed by atoms with van der Waals surface area (Å²) in [6, 6.07) is 11.7. The summed E-state index contributed by atoms with van der Waals surface area (Å²) in [5, 5.41) is 4.35. The lowest BCUT2D eigenvalue weighted by molar-refractivity contribution is -0.132. The molecule has 4 rings (SSSR count). The van der Waals surface area contributed by atoms with Crippen molar-refractivity contribution in [2.75, 3.05) is 26.7 Å². The summed E-state index contributed by atoms with van der Waals surface area (Å²) in [4.78, 5) is 21.5. The zero-order valence-electron chi connectivity index (χ0n) is 19.5. The highest BCUT2D eigenvalue weighted by Crippen LogP contribution is 2.18. The maximum absolute atomic E-state index is 13.2. The van der Waals surface area contributed by atoms with Crippen molar-refractivity contribution in [1.29, 1.82) is 0 Å². The number of hydrogen-bond acceptors (Lipinski definition) is 6. The van der Waals surface area contributed by atoms with Gasteiger partial charge in [-0.3, -0.25) is 19.4 Å². The summed E-state index contributed by atoms with van der Waals surface area (Å²) in [6.07, 6.45) is 5.33. The lowest BCUT2D eigenvalue weighted by Crippen LogP contribution is -2.37. The van der Waals surface area contributed by atoms with Gasteiger partial charge >= 0.3 is 0 Å². The van der Waals surface area contributed by atoms with E-state index in [0.717, 1.165) is 28.1 Å². The van der Waals surface area contributed by atoms with E-state index < -0.39 is 0 Å². The van der Waals surface area contributed by atoms with Gasteiger partial charge in [-0.25, -0.2) is 0 Å². The Kier molecular flexibility index (Phi) is 7.36. The van der Waals surface area contributed by atoms with Crippen molar-refractivity contribution in [3.05, 3.63) is 77.4 Å². The van der Waals surface area contributed by atoms with E-state index in [-0.39, 0.29) is 12.0 Å². The van der Waals surface area contributed by atoms with E-state index in [9.17, 15) is 4.79 Å². The number of rotatable bonds is 8. The van der Waals surface area contributed by atoms with Crippen LogP contribution in [0.5, 0.6) is 5.75 Å². The van der Waals surface area contributed by atoms with E-state index >= 15 is 0 Å². The largest absolute Gasteiger partial charge is 0.497 e. The quantitative estimate of drug-likeness (QED) is 0.526. The monoisotopic (exact) mass is 449 g/mol. The van der Waals surface area contributed by atoms with Crippen molar-refractivity contribution in [3.8, 4) is 5.75 Å². The van der Waals surface area contributed by atoms with Gasteiger partial charge in [0.1, 0.15) is 5.75 Å². The summed E-state index contributed by atoms with van der Waals surface area (Å²) < 4.78 is 13.4. The van der Waals surface area contributed by atoms with E-state index in [1.807, 2.05) is 72.3 Å². The van der Waals surface area contributed by atoms with E-state index in [2.05, 4.69) is 15.0 Å². The van der Waals surface area contributed by atoms with Crippen LogP contribution in [0.4, 0.5) is 0 Å². The number of nitrogens with zero attached hydrogens (tertiary/aromatic N) is 5. The number of aryl methyl sites for hydroxylation is 1. The van der Waals surface area contributed by atoms with Crippen molar-refractivity contribution in [3.63, 3.8) is 0 Å². The predicted molar refractivity (Wildman–Crippen MR) is 124 cm³/mol. The standard InChI is InChI=1S/C25H31N5O3/c1-19-22(12-27-28(19)2)14-29-15-24(33-18-21-5-4-10-26-11-21)16-30(25(31)17-29)13-20-6-8-23(32-3)9-7-20/h4-12,24H,13-18H2,1-3H3. The number of methoxy groups -OCH3 is 1. The maximum atomic E-state index is 13.2. The molecular formula is C25H31N5O3. The number of hydrogen-bond donors (Lipinski definition) is 0. The Bertz CT molecular complexity index is 1050. The molecule has 1 saturated heterocycles. The second-order valence-electron chi connectivity index (χ2n) is 8.47. The lowest BCUT2D eigenvalue weighted by atomic mass is 10.2. The molecule has 1 atom stereocenters. The van der Waals surface area contributed by atoms with Gasteiger partial charge in [0, 0.05) is 56.9 Å². The third-order valence-electron chi connectivity index (χ3n) is 6.07. The average molecular weight is 450 g/mol. The van der Waals surface area contributed by atoms with Gasteiger partial charge in [-0.05, 0) is 36.2 Å². The predicted octanol–water partition coefficient (Wildman–Crippen LogP) is 2.56. The van der Waals surface area contributed by atoms with Crippen LogP contribution in [0.15, 0.2) is 55.0 Å². The molecule has 3 heterocycles. The Labute approximate surface area is 194 Å². The average Bonchev–Trinajstić information content (AvgIpc) is 3.06. The smallest absolute Gasteiger partial charge is 0.237 e. The fraction of sp³-hybridized carbons (Fsp3) is 0.400. The molecule has 0 bridgehead atoms. The highest BCUT2D eigenvalue weighted by Gasteiger charge is 2.29. The van der Waals surface area contributed by atoms with Gasteiger partial charge in [0.25, 0.3) is 0 Å². The van der Waals surface area contributed by atoms with Gasteiger partial charge in [0.05, 0.1) is 32.6 Å². The van der Waals surface area contributed by atoms with Crippen LogP contribution in [0, 0.1) is 6.92 Å². The van der Waals surface area contributed by atoms with Gasteiger partial charge < -0.3 is 14.4 Å². The molecule has 8 nitrogen and oxygen atoms in total. The van der Waals surface area contributed by atoms with Crippen molar-refractivity contribution < 1.29 is 14.3 Å². The minimum Gasteiger partial charge on any atom is -0.497 e. The molecular weight excluding hydrogens is 418 g/mol.